The van der Waals surface area contributed by atoms with E-state index in [9.17, 15) is 9.59 Å². The van der Waals surface area contributed by atoms with Crippen LogP contribution in [0.25, 0.3) is 11.0 Å². The molecule has 6 nitrogen and oxygen atoms in total. The summed E-state index contributed by atoms with van der Waals surface area (Å²) in [5.41, 5.74) is 1.83. The molecule has 3 heterocycles. The van der Waals surface area contributed by atoms with Gasteiger partial charge < -0.3 is 18.8 Å². The molecule has 1 spiro atoms. The molecule has 2 aromatic rings. The molecular formula is C19H21NO5. The van der Waals surface area contributed by atoms with Gasteiger partial charge in [0.1, 0.15) is 5.58 Å². The van der Waals surface area contributed by atoms with Gasteiger partial charge in [-0.05, 0) is 24.1 Å². The van der Waals surface area contributed by atoms with E-state index in [0.717, 1.165) is 10.9 Å². The Morgan fingerprint density at radius 1 is 1.16 bits per heavy atom. The number of aryl methyl sites for hydroxylation is 1. The van der Waals surface area contributed by atoms with Crippen LogP contribution in [0.15, 0.2) is 33.5 Å². The summed E-state index contributed by atoms with van der Waals surface area (Å²) in [6.07, 6.45) is 1.57. The van der Waals surface area contributed by atoms with Gasteiger partial charge in [0, 0.05) is 37.4 Å². The first-order valence-electron chi connectivity index (χ1n) is 8.64. The Labute approximate surface area is 145 Å². The second-order valence-electron chi connectivity index (χ2n) is 6.76. The maximum Gasteiger partial charge on any atom is 0.336 e. The van der Waals surface area contributed by atoms with E-state index < -0.39 is 11.4 Å². The zero-order chi connectivity index (χ0) is 17.4. The van der Waals surface area contributed by atoms with Gasteiger partial charge in [0.15, 0.2) is 5.79 Å². The number of amides is 1. The van der Waals surface area contributed by atoms with Crippen LogP contribution in [0.2, 0.25) is 0 Å². The van der Waals surface area contributed by atoms with Crippen LogP contribution >= 0.6 is 0 Å². The van der Waals surface area contributed by atoms with Crippen molar-refractivity contribution in [2.45, 2.75) is 32.0 Å². The zero-order valence-corrected chi connectivity index (χ0v) is 14.2. The molecule has 0 N–H and O–H groups in total. The SMILES string of the molecule is Cc1ccc2c(CC(=O)N3CCC4(CC3)OCCO4)cc(=O)oc2c1. The van der Waals surface area contributed by atoms with Crippen LogP contribution in [-0.4, -0.2) is 42.9 Å². The molecule has 25 heavy (non-hydrogen) atoms. The predicted octanol–water partition coefficient (Wildman–Crippen LogP) is 2.01. The smallest absolute Gasteiger partial charge is 0.336 e. The lowest BCUT2D eigenvalue weighted by molar-refractivity contribution is -0.187. The Hall–Kier alpha value is -2.18. The fourth-order valence-corrected chi connectivity index (χ4v) is 3.64. The van der Waals surface area contributed by atoms with Crippen molar-refractivity contribution in [1.82, 2.24) is 4.90 Å². The fraction of sp³-hybridized carbons (Fsp3) is 0.474. The highest BCUT2D eigenvalue weighted by atomic mass is 16.7. The summed E-state index contributed by atoms with van der Waals surface area (Å²) in [7, 11) is 0. The van der Waals surface area contributed by atoms with Gasteiger partial charge in [0.2, 0.25) is 5.91 Å². The number of carbonyl (C=O) groups is 1. The zero-order valence-electron chi connectivity index (χ0n) is 14.2. The predicted molar refractivity (Wildman–Crippen MR) is 91.4 cm³/mol. The van der Waals surface area contributed by atoms with Crippen LogP contribution in [-0.2, 0) is 20.7 Å². The number of piperidine rings is 1. The second-order valence-corrected chi connectivity index (χ2v) is 6.76. The molecule has 1 aromatic carbocycles. The molecule has 0 bridgehead atoms. The van der Waals surface area contributed by atoms with Crippen LogP contribution in [0, 0.1) is 6.92 Å². The Morgan fingerprint density at radius 2 is 1.88 bits per heavy atom. The van der Waals surface area contributed by atoms with Crippen molar-refractivity contribution < 1.29 is 18.7 Å². The number of likely N-dealkylation sites (tertiary alicyclic amines) is 1. The summed E-state index contributed by atoms with van der Waals surface area (Å²) in [6.45, 7) is 4.40. The van der Waals surface area contributed by atoms with E-state index in [4.69, 9.17) is 13.9 Å². The van der Waals surface area contributed by atoms with E-state index in [1.807, 2.05) is 30.0 Å². The maximum atomic E-state index is 12.7. The molecule has 0 atom stereocenters. The summed E-state index contributed by atoms with van der Waals surface area (Å²) in [4.78, 5) is 26.3. The van der Waals surface area contributed by atoms with Gasteiger partial charge in [-0.1, -0.05) is 12.1 Å². The number of nitrogens with zero attached hydrogens (tertiary/aromatic N) is 1. The van der Waals surface area contributed by atoms with Crippen LogP contribution in [0.4, 0.5) is 0 Å². The third-order valence-corrected chi connectivity index (χ3v) is 5.02. The molecule has 2 aliphatic rings. The quantitative estimate of drug-likeness (QED) is 0.780. The van der Waals surface area contributed by atoms with Crippen molar-refractivity contribution in [3.63, 3.8) is 0 Å². The average molecular weight is 343 g/mol. The highest BCUT2D eigenvalue weighted by Gasteiger charge is 2.40. The normalized spacial score (nSPS) is 19.6. The molecule has 6 heteroatoms. The molecule has 2 saturated heterocycles. The largest absolute Gasteiger partial charge is 0.423 e. The van der Waals surface area contributed by atoms with Gasteiger partial charge in [-0.3, -0.25) is 4.79 Å². The van der Waals surface area contributed by atoms with Gasteiger partial charge in [-0.25, -0.2) is 4.79 Å². The standard InChI is InChI=1S/C19H21NO5/c1-13-2-3-15-14(12-18(22)25-16(15)10-13)11-17(21)20-6-4-19(5-7-20)23-8-9-24-19/h2-3,10,12H,4-9,11H2,1H3. The Kier molecular flexibility index (Phi) is 4.09. The van der Waals surface area contributed by atoms with Crippen molar-refractivity contribution >= 4 is 16.9 Å². The van der Waals surface area contributed by atoms with Crippen molar-refractivity contribution in [1.29, 1.82) is 0 Å². The molecule has 1 aromatic heterocycles. The Bertz CT molecular complexity index is 856. The van der Waals surface area contributed by atoms with E-state index in [1.54, 1.807) is 0 Å². The first-order valence-corrected chi connectivity index (χ1v) is 8.64. The van der Waals surface area contributed by atoms with E-state index in [0.29, 0.717) is 50.3 Å². The van der Waals surface area contributed by atoms with Crippen LogP contribution in [0.3, 0.4) is 0 Å². The topological polar surface area (TPSA) is 69.0 Å². The van der Waals surface area contributed by atoms with Crippen LogP contribution in [0.5, 0.6) is 0 Å². The maximum absolute atomic E-state index is 12.7. The van der Waals surface area contributed by atoms with Gasteiger partial charge in [-0.2, -0.15) is 0 Å². The van der Waals surface area contributed by atoms with Crippen LogP contribution in [0.1, 0.15) is 24.0 Å². The number of ether oxygens (including phenoxy) is 2. The van der Waals surface area contributed by atoms with Gasteiger partial charge in [-0.15, -0.1) is 0 Å². The molecule has 1 amide bonds. The van der Waals surface area contributed by atoms with E-state index >= 15 is 0 Å². The molecule has 0 radical (unpaired) electrons. The lowest BCUT2D eigenvalue weighted by Gasteiger charge is -2.37. The number of benzene rings is 1. The number of rotatable bonds is 2. The molecule has 132 valence electrons. The number of fused-ring (bicyclic) bond motifs is 1. The minimum Gasteiger partial charge on any atom is -0.423 e. The minimum absolute atomic E-state index is 0.0142. The first kappa shape index (κ1) is 16.3. The number of hydrogen-bond acceptors (Lipinski definition) is 5. The van der Waals surface area contributed by atoms with Crippen molar-refractivity contribution in [3.8, 4) is 0 Å². The van der Waals surface area contributed by atoms with Crippen molar-refractivity contribution in [3.05, 3.63) is 45.8 Å². The van der Waals surface area contributed by atoms with Crippen molar-refractivity contribution in [2.24, 2.45) is 0 Å². The van der Waals surface area contributed by atoms with Gasteiger partial charge in [0.25, 0.3) is 0 Å². The summed E-state index contributed by atoms with van der Waals surface area (Å²) in [6, 6.07) is 7.10. The Balaban J connectivity index is 1.51. The average Bonchev–Trinajstić information content (AvgIpc) is 3.03. The molecule has 0 saturated carbocycles. The van der Waals surface area contributed by atoms with Gasteiger partial charge in [0.05, 0.1) is 19.6 Å². The molecule has 4 rings (SSSR count). The van der Waals surface area contributed by atoms with E-state index in [-0.39, 0.29) is 12.3 Å². The first-order chi connectivity index (χ1) is 12.0. The van der Waals surface area contributed by atoms with Crippen molar-refractivity contribution in [2.75, 3.05) is 26.3 Å². The van der Waals surface area contributed by atoms with Gasteiger partial charge >= 0.3 is 5.63 Å². The Morgan fingerprint density at radius 3 is 2.60 bits per heavy atom. The third-order valence-electron chi connectivity index (χ3n) is 5.02. The molecule has 2 fully saturated rings. The fourth-order valence-electron chi connectivity index (χ4n) is 3.64. The highest BCUT2D eigenvalue weighted by molar-refractivity contribution is 5.87. The number of hydrogen-bond donors (Lipinski definition) is 0. The van der Waals surface area contributed by atoms with Crippen LogP contribution < -0.4 is 5.63 Å². The summed E-state index contributed by atoms with van der Waals surface area (Å²) < 4.78 is 16.7. The lowest BCUT2D eigenvalue weighted by atomic mass is 10.0. The number of carbonyl (C=O) groups excluding carboxylic acids is 1. The molecule has 0 unspecified atom stereocenters. The minimum atomic E-state index is -0.491. The summed E-state index contributed by atoms with van der Waals surface area (Å²) >= 11 is 0. The lowest BCUT2D eigenvalue weighted by Crippen LogP contribution is -2.47. The third kappa shape index (κ3) is 3.19. The monoisotopic (exact) mass is 343 g/mol. The van der Waals surface area contributed by atoms with E-state index in [1.165, 1.54) is 6.07 Å². The molecular weight excluding hydrogens is 322 g/mol. The molecule has 0 aliphatic carbocycles. The second kappa shape index (κ2) is 6.28. The molecule has 2 aliphatic heterocycles. The summed E-state index contributed by atoms with van der Waals surface area (Å²) in [5.74, 6) is -0.477. The van der Waals surface area contributed by atoms with E-state index in [2.05, 4.69) is 0 Å². The summed E-state index contributed by atoms with van der Waals surface area (Å²) in [5, 5.41) is 0.814. The highest BCUT2D eigenvalue weighted by Crippen LogP contribution is 2.31.